The number of carbonyl (C=O) groups excluding carboxylic acids is 1. The summed E-state index contributed by atoms with van der Waals surface area (Å²) in [5, 5.41) is 13.2. The smallest absolute Gasteiger partial charge is 0.227 e. The number of rotatable bonds is 5. The van der Waals surface area contributed by atoms with E-state index in [1.54, 1.807) is 12.1 Å². The Morgan fingerprint density at radius 3 is 2.37 bits per heavy atom. The van der Waals surface area contributed by atoms with E-state index in [9.17, 15) is 9.90 Å². The molecule has 2 aliphatic heterocycles. The molecule has 1 aromatic carbocycles. The van der Waals surface area contributed by atoms with Crippen molar-refractivity contribution in [1.29, 1.82) is 0 Å². The molecule has 2 aliphatic rings. The van der Waals surface area contributed by atoms with E-state index in [-0.39, 0.29) is 41.1 Å². The number of amides is 1. The summed E-state index contributed by atoms with van der Waals surface area (Å²) in [6, 6.07) is 7.89. The lowest BCUT2D eigenvalue weighted by molar-refractivity contribution is -0.136. The Morgan fingerprint density at radius 1 is 1.17 bits per heavy atom. The minimum Gasteiger partial charge on any atom is -0.508 e. The average molecular weight is 414 g/mol. The van der Waals surface area contributed by atoms with Gasteiger partial charge in [0.25, 0.3) is 0 Å². The van der Waals surface area contributed by atoms with Crippen LogP contribution in [0.1, 0.15) is 59.4 Å². The van der Waals surface area contributed by atoms with Crippen molar-refractivity contribution >= 4 is 5.91 Å². The van der Waals surface area contributed by atoms with Crippen molar-refractivity contribution in [3.63, 3.8) is 0 Å². The van der Waals surface area contributed by atoms with Crippen LogP contribution in [0.25, 0.3) is 0 Å². The van der Waals surface area contributed by atoms with Gasteiger partial charge in [0.1, 0.15) is 5.75 Å². The monoisotopic (exact) mass is 413 g/mol. The molecule has 0 spiro atoms. The van der Waals surface area contributed by atoms with Crippen molar-refractivity contribution in [2.45, 2.75) is 71.5 Å². The van der Waals surface area contributed by atoms with E-state index in [2.05, 4.69) is 63.2 Å². The molecule has 0 saturated carbocycles. The predicted molar refractivity (Wildman–Crippen MR) is 122 cm³/mol. The van der Waals surface area contributed by atoms with Crippen LogP contribution in [0.5, 0.6) is 5.75 Å². The Hall–Kier alpha value is -2.01. The van der Waals surface area contributed by atoms with E-state index < -0.39 is 0 Å². The van der Waals surface area contributed by atoms with Gasteiger partial charge in [-0.3, -0.25) is 9.69 Å². The molecular formula is C25H39N3O2. The number of phenols is 1. The highest BCUT2D eigenvalue weighted by atomic mass is 16.3. The third-order valence-corrected chi connectivity index (χ3v) is 6.85. The number of benzene rings is 1. The largest absolute Gasteiger partial charge is 0.508 e. The summed E-state index contributed by atoms with van der Waals surface area (Å²) < 4.78 is 0. The Bertz CT molecular complexity index is 766. The fourth-order valence-corrected chi connectivity index (χ4v) is 4.75. The number of hydrogen-bond acceptors (Lipinski definition) is 4. The summed E-state index contributed by atoms with van der Waals surface area (Å²) in [5.74, 6) is 0.982. The number of likely N-dealkylation sites (tertiary alicyclic amines) is 2. The first-order valence-corrected chi connectivity index (χ1v) is 11.3. The molecule has 2 saturated heterocycles. The van der Waals surface area contributed by atoms with Crippen molar-refractivity contribution in [3.05, 3.63) is 42.1 Å². The van der Waals surface area contributed by atoms with Crippen LogP contribution in [0.3, 0.4) is 0 Å². The van der Waals surface area contributed by atoms with Crippen molar-refractivity contribution in [1.82, 2.24) is 15.1 Å². The molecule has 1 amide bonds. The Balaban J connectivity index is 1.79. The molecule has 0 aromatic heterocycles. The number of phenolic OH excluding ortho intramolecular Hbond substituents is 1. The maximum absolute atomic E-state index is 13.7. The molecule has 0 aliphatic carbocycles. The molecule has 166 valence electrons. The van der Waals surface area contributed by atoms with E-state index in [1.165, 1.54) is 0 Å². The molecule has 0 radical (unpaired) electrons. The van der Waals surface area contributed by atoms with E-state index in [0.717, 1.165) is 37.3 Å². The SMILES string of the molecule is C=C(N[C@H]1C[C@@H](C)N(C(=O)[C@@H]2CN(C(C)(C)C)C[C@H]2c2ccc(O)cc2)C1)C(C)C. The number of nitrogens with zero attached hydrogens (tertiary/aromatic N) is 2. The van der Waals surface area contributed by atoms with Gasteiger partial charge in [-0.1, -0.05) is 32.6 Å². The van der Waals surface area contributed by atoms with E-state index in [1.807, 2.05) is 12.1 Å². The second kappa shape index (κ2) is 8.62. The van der Waals surface area contributed by atoms with Gasteiger partial charge in [0.05, 0.1) is 5.92 Å². The molecular weight excluding hydrogens is 374 g/mol. The highest BCUT2D eigenvalue weighted by Crippen LogP contribution is 2.38. The molecule has 5 heteroatoms. The molecule has 2 fully saturated rings. The van der Waals surface area contributed by atoms with Crippen LogP contribution < -0.4 is 5.32 Å². The Labute approximate surface area is 182 Å². The van der Waals surface area contributed by atoms with Gasteiger partial charge >= 0.3 is 0 Å². The Morgan fingerprint density at radius 2 is 1.80 bits per heavy atom. The van der Waals surface area contributed by atoms with Crippen LogP contribution in [0.15, 0.2) is 36.5 Å². The summed E-state index contributed by atoms with van der Waals surface area (Å²) in [4.78, 5) is 18.2. The topological polar surface area (TPSA) is 55.8 Å². The quantitative estimate of drug-likeness (QED) is 0.767. The summed E-state index contributed by atoms with van der Waals surface area (Å²) >= 11 is 0. The molecule has 0 bridgehead atoms. The van der Waals surface area contributed by atoms with Crippen LogP contribution in [-0.4, -0.2) is 58.1 Å². The lowest BCUT2D eigenvalue weighted by Gasteiger charge is -2.32. The lowest BCUT2D eigenvalue weighted by Crippen LogP contribution is -2.44. The van der Waals surface area contributed by atoms with Crippen LogP contribution in [0.2, 0.25) is 0 Å². The normalized spacial score (nSPS) is 27.6. The maximum atomic E-state index is 13.7. The minimum absolute atomic E-state index is 0.0138. The van der Waals surface area contributed by atoms with Crippen LogP contribution >= 0.6 is 0 Å². The lowest BCUT2D eigenvalue weighted by atomic mass is 9.88. The molecule has 5 nitrogen and oxygen atoms in total. The van der Waals surface area contributed by atoms with E-state index in [0.29, 0.717) is 5.92 Å². The molecule has 30 heavy (non-hydrogen) atoms. The number of aromatic hydroxyl groups is 1. The molecule has 1 aromatic rings. The number of hydrogen-bond donors (Lipinski definition) is 2. The molecule has 4 atom stereocenters. The fraction of sp³-hybridized carbons (Fsp3) is 0.640. The zero-order chi connectivity index (χ0) is 22.2. The van der Waals surface area contributed by atoms with Gasteiger partial charge in [-0.15, -0.1) is 0 Å². The molecule has 0 unspecified atom stereocenters. The highest BCUT2D eigenvalue weighted by Gasteiger charge is 2.45. The van der Waals surface area contributed by atoms with Gasteiger partial charge in [0.2, 0.25) is 5.91 Å². The fourth-order valence-electron chi connectivity index (χ4n) is 4.75. The maximum Gasteiger partial charge on any atom is 0.227 e. The van der Waals surface area contributed by atoms with Crippen LogP contribution in [0.4, 0.5) is 0 Å². The second-order valence-electron chi connectivity index (χ2n) is 10.5. The highest BCUT2D eigenvalue weighted by molar-refractivity contribution is 5.81. The zero-order valence-corrected chi connectivity index (χ0v) is 19.5. The van der Waals surface area contributed by atoms with Crippen molar-refractivity contribution < 1.29 is 9.90 Å². The third-order valence-electron chi connectivity index (χ3n) is 6.85. The van der Waals surface area contributed by atoms with E-state index in [4.69, 9.17) is 0 Å². The van der Waals surface area contributed by atoms with Crippen LogP contribution in [0, 0.1) is 11.8 Å². The first kappa shape index (κ1) is 22.7. The second-order valence-corrected chi connectivity index (χ2v) is 10.5. The van der Waals surface area contributed by atoms with Crippen LogP contribution in [-0.2, 0) is 4.79 Å². The first-order chi connectivity index (χ1) is 14.0. The summed E-state index contributed by atoms with van der Waals surface area (Å²) in [5.41, 5.74) is 2.19. The van der Waals surface area contributed by atoms with Gasteiger partial charge in [-0.05, 0) is 57.7 Å². The van der Waals surface area contributed by atoms with Gasteiger partial charge in [0.15, 0.2) is 0 Å². The zero-order valence-electron chi connectivity index (χ0n) is 19.5. The Kier molecular flexibility index (Phi) is 6.51. The summed E-state index contributed by atoms with van der Waals surface area (Å²) in [7, 11) is 0. The van der Waals surface area contributed by atoms with E-state index >= 15 is 0 Å². The van der Waals surface area contributed by atoms with Crippen molar-refractivity contribution in [2.24, 2.45) is 11.8 Å². The summed E-state index contributed by atoms with van der Waals surface area (Å²) in [6.45, 7) is 19.6. The third kappa shape index (κ3) is 4.83. The average Bonchev–Trinajstić information content (AvgIpc) is 3.25. The van der Waals surface area contributed by atoms with Crippen molar-refractivity contribution in [3.8, 4) is 5.75 Å². The predicted octanol–water partition coefficient (Wildman–Crippen LogP) is 3.95. The van der Waals surface area contributed by atoms with Gasteiger partial charge in [-0.25, -0.2) is 0 Å². The van der Waals surface area contributed by atoms with Crippen molar-refractivity contribution in [2.75, 3.05) is 19.6 Å². The van der Waals surface area contributed by atoms with Gasteiger partial charge in [-0.2, -0.15) is 0 Å². The van der Waals surface area contributed by atoms with Gasteiger partial charge < -0.3 is 15.3 Å². The molecule has 2 N–H and O–H groups in total. The number of allylic oxidation sites excluding steroid dienone is 1. The summed E-state index contributed by atoms with van der Waals surface area (Å²) in [6.07, 6.45) is 0.955. The van der Waals surface area contributed by atoms with Gasteiger partial charge in [0, 0.05) is 48.9 Å². The molecule has 2 heterocycles. The number of nitrogens with one attached hydrogen (secondary N) is 1. The molecule has 3 rings (SSSR count). The minimum atomic E-state index is -0.0664. The number of carbonyl (C=O) groups is 1. The standard InChI is InChI=1S/C25H39N3O2/c1-16(2)18(4)26-20-12-17(3)28(13-20)24(30)23-15-27(25(5,6)7)14-22(23)19-8-10-21(29)11-9-19/h8-11,16-17,20,22-23,26,29H,4,12-15H2,1-3,5-7H3/t17-,20+,22+,23-/m1/s1. The first-order valence-electron chi connectivity index (χ1n) is 11.3.